The zero-order chi connectivity index (χ0) is 20.1. The van der Waals surface area contributed by atoms with Crippen LogP contribution in [0.1, 0.15) is 35.1 Å². The summed E-state index contributed by atoms with van der Waals surface area (Å²) in [5.74, 6) is 1.15. The lowest BCUT2D eigenvalue weighted by Gasteiger charge is -2.20. The number of carbonyl (C=O) groups excluding carboxylic acids is 1. The van der Waals surface area contributed by atoms with Crippen molar-refractivity contribution in [3.63, 3.8) is 0 Å². The second-order valence-electron chi connectivity index (χ2n) is 7.33. The van der Waals surface area contributed by atoms with Crippen LogP contribution >= 0.6 is 0 Å². The van der Waals surface area contributed by atoms with Gasteiger partial charge in [0.25, 0.3) is 0 Å². The minimum atomic E-state index is -0.143. The molecule has 1 fully saturated rings. The zero-order valence-electron chi connectivity index (χ0n) is 16.5. The highest BCUT2D eigenvalue weighted by atomic mass is 16.7. The van der Waals surface area contributed by atoms with Crippen molar-refractivity contribution >= 4 is 5.91 Å². The number of rotatable bonds is 8. The smallest absolute Gasteiger partial charge is 0.224 e. The molecule has 2 atom stereocenters. The van der Waals surface area contributed by atoms with Gasteiger partial charge in [-0.15, -0.1) is 0 Å². The van der Waals surface area contributed by atoms with Crippen molar-refractivity contribution in [3.05, 3.63) is 102 Å². The first-order valence-corrected chi connectivity index (χ1v) is 9.88. The van der Waals surface area contributed by atoms with Crippen molar-refractivity contribution in [2.24, 2.45) is 5.92 Å². The third-order valence-electron chi connectivity index (χ3n) is 5.33. The number of nitrogens with one attached hydrogen (secondary N) is 1. The van der Waals surface area contributed by atoms with Gasteiger partial charge in [-0.2, -0.15) is 0 Å². The van der Waals surface area contributed by atoms with Gasteiger partial charge in [0.2, 0.25) is 5.91 Å². The molecule has 4 nitrogen and oxygen atoms in total. The third-order valence-corrected chi connectivity index (χ3v) is 5.33. The topological polar surface area (TPSA) is 47.6 Å². The first-order chi connectivity index (χ1) is 14.3. The molecule has 1 saturated carbocycles. The van der Waals surface area contributed by atoms with Crippen LogP contribution in [0, 0.1) is 5.92 Å². The van der Waals surface area contributed by atoms with E-state index < -0.39 is 0 Å². The fourth-order valence-electron chi connectivity index (χ4n) is 3.69. The molecule has 1 N–H and O–H groups in total. The summed E-state index contributed by atoms with van der Waals surface area (Å²) in [5, 5.41) is 3.27. The lowest BCUT2D eigenvalue weighted by atomic mass is 9.98. The van der Waals surface area contributed by atoms with Crippen LogP contribution in [-0.4, -0.2) is 19.8 Å². The van der Waals surface area contributed by atoms with Crippen LogP contribution in [0.15, 0.2) is 84.9 Å². The monoisotopic (exact) mass is 387 g/mol. The summed E-state index contributed by atoms with van der Waals surface area (Å²) < 4.78 is 10.4. The van der Waals surface area contributed by atoms with Gasteiger partial charge in [0.15, 0.2) is 6.79 Å². The van der Waals surface area contributed by atoms with Crippen LogP contribution in [0.3, 0.4) is 0 Å². The number of methoxy groups -OCH3 is 1. The van der Waals surface area contributed by atoms with Crippen LogP contribution in [0.25, 0.3) is 0 Å². The summed E-state index contributed by atoms with van der Waals surface area (Å²) in [6.07, 6.45) is 0.875. The summed E-state index contributed by atoms with van der Waals surface area (Å²) in [7, 11) is 1.60. The van der Waals surface area contributed by atoms with Gasteiger partial charge in [-0.3, -0.25) is 4.79 Å². The third kappa shape index (κ3) is 4.66. The minimum absolute atomic E-state index is 0.00988. The molecular weight excluding hydrogens is 362 g/mol. The molecule has 4 rings (SSSR count). The molecule has 1 amide bonds. The van der Waals surface area contributed by atoms with Gasteiger partial charge in [-0.1, -0.05) is 72.8 Å². The van der Waals surface area contributed by atoms with Crippen molar-refractivity contribution in [3.8, 4) is 5.75 Å². The summed E-state index contributed by atoms with van der Waals surface area (Å²) in [4.78, 5) is 13.0. The van der Waals surface area contributed by atoms with E-state index in [1.54, 1.807) is 7.11 Å². The molecule has 148 valence electrons. The van der Waals surface area contributed by atoms with Gasteiger partial charge in [0, 0.05) is 13.0 Å². The number of amides is 1. The second-order valence-corrected chi connectivity index (χ2v) is 7.33. The van der Waals surface area contributed by atoms with Crippen LogP contribution in [0.2, 0.25) is 0 Å². The van der Waals surface area contributed by atoms with E-state index >= 15 is 0 Å². The van der Waals surface area contributed by atoms with E-state index in [1.807, 2.05) is 60.7 Å². The Kier molecular flexibility index (Phi) is 5.92. The molecule has 3 aromatic carbocycles. The summed E-state index contributed by atoms with van der Waals surface area (Å²) in [6, 6.07) is 28.0. The fourth-order valence-corrected chi connectivity index (χ4v) is 3.69. The lowest BCUT2D eigenvalue weighted by Crippen LogP contribution is -2.30. The van der Waals surface area contributed by atoms with E-state index in [9.17, 15) is 4.79 Å². The maximum Gasteiger partial charge on any atom is 0.224 e. The Morgan fingerprint density at radius 1 is 0.931 bits per heavy atom. The van der Waals surface area contributed by atoms with Crippen LogP contribution < -0.4 is 10.1 Å². The number of hydrogen-bond donors (Lipinski definition) is 1. The van der Waals surface area contributed by atoms with Gasteiger partial charge in [-0.05, 0) is 41.2 Å². The molecule has 0 radical (unpaired) electrons. The van der Waals surface area contributed by atoms with E-state index in [-0.39, 0.29) is 30.6 Å². The normalized spacial score (nSPS) is 17.7. The van der Waals surface area contributed by atoms with E-state index in [2.05, 4.69) is 29.6 Å². The molecule has 29 heavy (non-hydrogen) atoms. The van der Waals surface area contributed by atoms with E-state index in [0.29, 0.717) is 0 Å². The molecule has 1 aliphatic carbocycles. The number of benzene rings is 3. The quantitative estimate of drug-likeness (QED) is 0.571. The maximum absolute atomic E-state index is 13.0. The number of ether oxygens (including phenoxy) is 2. The number of hydrogen-bond acceptors (Lipinski definition) is 3. The summed E-state index contributed by atoms with van der Waals surface area (Å²) in [6.45, 7) is 0.230. The van der Waals surface area contributed by atoms with Crippen molar-refractivity contribution in [2.45, 2.75) is 18.4 Å². The fraction of sp³-hybridized carbons (Fsp3) is 0.240. The first-order valence-electron chi connectivity index (χ1n) is 9.88. The highest BCUT2D eigenvalue weighted by Gasteiger charge is 2.44. The van der Waals surface area contributed by atoms with Crippen molar-refractivity contribution < 1.29 is 14.3 Å². The Bertz CT molecular complexity index is 886. The predicted octanol–water partition coefficient (Wildman–Crippen LogP) is 4.68. The van der Waals surface area contributed by atoms with E-state index in [1.165, 1.54) is 5.56 Å². The van der Waals surface area contributed by atoms with E-state index in [4.69, 9.17) is 9.47 Å². The molecule has 0 spiro atoms. The Balaban J connectivity index is 1.44. The van der Waals surface area contributed by atoms with Crippen LogP contribution in [-0.2, 0) is 9.53 Å². The molecule has 4 heteroatoms. The highest BCUT2D eigenvalue weighted by Crippen LogP contribution is 2.48. The zero-order valence-corrected chi connectivity index (χ0v) is 16.5. The van der Waals surface area contributed by atoms with Crippen molar-refractivity contribution in [2.75, 3.05) is 13.9 Å². The van der Waals surface area contributed by atoms with Gasteiger partial charge in [0.05, 0.1) is 6.04 Å². The first kappa shape index (κ1) is 19.2. The molecule has 0 heterocycles. The molecule has 2 unspecified atom stereocenters. The Hall–Kier alpha value is -3.11. The SMILES string of the molecule is COCOc1ccc(C2CC2C(=O)NC(c2ccccc2)c2ccccc2)cc1. The lowest BCUT2D eigenvalue weighted by molar-refractivity contribution is -0.122. The largest absolute Gasteiger partial charge is 0.468 e. The Labute approximate surface area is 171 Å². The molecule has 1 aliphatic rings. The highest BCUT2D eigenvalue weighted by molar-refractivity contribution is 5.83. The van der Waals surface area contributed by atoms with Gasteiger partial charge in [0.1, 0.15) is 5.75 Å². The second kappa shape index (κ2) is 8.93. The standard InChI is InChI=1S/C25H25NO3/c1-28-17-29-21-14-12-18(13-15-21)22-16-23(22)25(27)26-24(19-8-4-2-5-9-19)20-10-6-3-7-11-20/h2-15,22-24H,16-17H2,1H3,(H,26,27). The molecular formula is C25H25NO3. The van der Waals surface area contributed by atoms with Gasteiger partial charge in [-0.25, -0.2) is 0 Å². The van der Waals surface area contributed by atoms with Gasteiger partial charge >= 0.3 is 0 Å². The maximum atomic E-state index is 13.0. The van der Waals surface area contributed by atoms with Crippen LogP contribution in [0.4, 0.5) is 0 Å². The molecule has 3 aromatic rings. The molecule has 0 bridgehead atoms. The molecule has 0 aliphatic heterocycles. The molecule has 0 saturated heterocycles. The van der Waals surface area contributed by atoms with Gasteiger partial charge < -0.3 is 14.8 Å². The van der Waals surface area contributed by atoms with E-state index in [0.717, 1.165) is 23.3 Å². The minimum Gasteiger partial charge on any atom is -0.468 e. The summed E-state index contributed by atoms with van der Waals surface area (Å²) >= 11 is 0. The Morgan fingerprint density at radius 2 is 1.52 bits per heavy atom. The summed E-state index contributed by atoms with van der Waals surface area (Å²) in [5.41, 5.74) is 3.35. The number of carbonyl (C=O) groups is 1. The van der Waals surface area contributed by atoms with Crippen molar-refractivity contribution in [1.82, 2.24) is 5.32 Å². The average molecular weight is 387 g/mol. The Morgan fingerprint density at radius 3 is 2.07 bits per heavy atom. The molecule has 0 aromatic heterocycles. The average Bonchev–Trinajstić information content (AvgIpc) is 3.58. The van der Waals surface area contributed by atoms with Crippen LogP contribution in [0.5, 0.6) is 5.75 Å². The van der Waals surface area contributed by atoms with Crippen molar-refractivity contribution in [1.29, 1.82) is 0 Å². The predicted molar refractivity (Wildman–Crippen MR) is 113 cm³/mol.